The molecule has 0 heterocycles. The van der Waals surface area contributed by atoms with E-state index in [0.717, 1.165) is 10.9 Å². The summed E-state index contributed by atoms with van der Waals surface area (Å²) in [7, 11) is 0. The van der Waals surface area contributed by atoms with Gasteiger partial charge in [0.05, 0.1) is 5.56 Å². The Morgan fingerprint density at radius 3 is 2.59 bits per heavy atom. The van der Waals surface area contributed by atoms with Gasteiger partial charge in [-0.25, -0.2) is 0 Å². The molecule has 1 amide bonds. The standard InChI is InChI=1S/C13H17Br2NO/c1-9(2)7-10(14)8-16-13(17)11-5-3-4-6-12(11)15/h3-6,9-10H,7-8H2,1-2H3,(H,16,17). The fraction of sp³-hybridized carbons (Fsp3) is 0.462. The minimum Gasteiger partial charge on any atom is -0.351 e. The van der Waals surface area contributed by atoms with Crippen molar-refractivity contribution in [3.05, 3.63) is 34.3 Å². The van der Waals surface area contributed by atoms with Gasteiger partial charge in [-0.2, -0.15) is 0 Å². The monoisotopic (exact) mass is 361 g/mol. The Kier molecular flexibility index (Phi) is 6.20. The summed E-state index contributed by atoms with van der Waals surface area (Å²) in [4.78, 5) is 12.2. The molecular formula is C13H17Br2NO. The Labute approximate surface area is 119 Å². The molecule has 94 valence electrons. The third kappa shape index (κ3) is 5.21. The molecule has 0 saturated carbocycles. The van der Waals surface area contributed by atoms with E-state index in [1.165, 1.54) is 0 Å². The van der Waals surface area contributed by atoms with E-state index >= 15 is 0 Å². The molecule has 0 bridgehead atoms. The van der Waals surface area contributed by atoms with E-state index in [4.69, 9.17) is 0 Å². The van der Waals surface area contributed by atoms with Gasteiger partial charge in [-0.05, 0) is 40.4 Å². The van der Waals surface area contributed by atoms with Gasteiger partial charge in [0.1, 0.15) is 0 Å². The predicted molar refractivity (Wildman–Crippen MR) is 78.6 cm³/mol. The van der Waals surface area contributed by atoms with Crippen LogP contribution in [0, 0.1) is 5.92 Å². The normalized spacial score (nSPS) is 12.5. The summed E-state index contributed by atoms with van der Waals surface area (Å²) in [6.45, 7) is 4.99. The molecule has 0 fully saturated rings. The summed E-state index contributed by atoms with van der Waals surface area (Å²) < 4.78 is 0.826. The van der Waals surface area contributed by atoms with E-state index in [1.54, 1.807) is 0 Å². The lowest BCUT2D eigenvalue weighted by Gasteiger charge is -2.13. The first-order valence-corrected chi connectivity index (χ1v) is 7.38. The van der Waals surface area contributed by atoms with Crippen molar-refractivity contribution in [2.24, 2.45) is 5.92 Å². The number of nitrogens with one attached hydrogen (secondary N) is 1. The Hall–Kier alpha value is -0.350. The zero-order chi connectivity index (χ0) is 12.8. The van der Waals surface area contributed by atoms with Crippen LogP contribution in [0.1, 0.15) is 30.6 Å². The van der Waals surface area contributed by atoms with Crippen LogP contribution in [0.3, 0.4) is 0 Å². The van der Waals surface area contributed by atoms with E-state index in [2.05, 4.69) is 51.0 Å². The maximum Gasteiger partial charge on any atom is 0.252 e. The molecule has 1 aromatic carbocycles. The molecule has 0 radical (unpaired) electrons. The van der Waals surface area contributed by atoms with Gasteiger partial charge < -0.3 is 5.32 Å². The highest BCUT2D eigenvalue weighted by Crippen LogP contribution is 2.16. The first kappa shape index (κ1) is 14.7. The van der Waals surface area contributed by atoms with Crippen molar-refractivity contribution in [2.75, 3.05) is 6.54 Å². The van der Waals surface area contributed by atoms with Gasteiger partial charge in [-0.3, -0.25) is 4.79 Å². The van der Waals surface area contributed by atoms with Gasteiger partial charge in [-0.15, -0.1) is 0 Å². The molecule has 1 atom stereocenters. The van der Waals surface area contributed by atoms with E-state index in [1.807, 2.05) is 24.3 Å². The van der Waals surface area contributed by atoms with Crippen LogP contribution in [0.15, 0.2) is 28.7 Å². The highest BCUT2D eigenvalue weighted by molar-refractivity contribution is 9.10. The average Bonchev–Trinajstić information content (AvgIpc) is 2.25. The molecule has 1 unspecified atom stereocenters. The highest BCUT2D eigenvalue weighted by atomic mass is 79.9. The molecule has 0 aliphatic rings. The number of hydrogen-bond donors (Lipinski definition) is 1. The van der Waals surface area contributed by atoms with Gasteiger partial charge >= 0.3 is 0 Å². The summed E-state index contributed by atoms with van der Waals surface area (Å²) in [6, 6.07) is 7.44. The lowest BCUT2D eigenvalue weighted by atomic mass is 10.1. The first-order valence-electron chi connectivity index (χ1n) is 5.67. The number of halogens is 2. The Bertz CT molecular complexity index is 379. The fourth-order valence-electron chi connectivity index (χ4n) is 1.54. The van der Waals surface area contributed by atoms with E-state index < -0.39 is 0 Å². The third-order valence-corrected chi connectivity index (χ3v) is 3.72. The maximum atomic E-state index is 11.9. The van der Waals surface area contributed by atoms with Crippen LogP contribution in [0.2, 0.25) is 0 Å². The molecule has 2 nitrogen and oxygen atoms in total. The van der Waals surface area contributed by atoms with Crippen LogP contribution >= 0.6 is 31.9 Å². The molecule has 4 heteroatoms. The van der Waals surface area contributed by atoms with Crippen molar-refractivity contribution < 1.29 is 4.79 Å². The molecule has 1 aromatic rings. The molecule has 17 heavy (non-hydrogen) atoms. The second-order valence-corrected chi connectivity index (χ2v) is 6.57. The number of hydrogen-bond acceptors (Lipinski definition) is 1. The van der Waals surface area contributed by atoms with Crippen LogP contribution < -0.4 is 5.32 Å². The van der Waals surface area contributed by atoms with Gasteiger partial charge in [0.15, 0.2) is 0 Å². The van der Waals surface area contributed by atoms with Crippen LogP contribution in [0.5, 0.6) is 0 Å². The Morgan fingerprint density at radius 2 is 2.00 bits per heavy atom. The summed E-state index contributed by atoms with van der Waals surface area (Å²) in [6.07, 6.45) is 1.05. The molecule has 1 N–H and O–H groups in total. The van der Waals surface area contributed by atoms with Crippen molar-refractivity contribution in [3.8, 4) is 0 Å². The summed E-state index contributed by atoms with van der Waals surface area (Å²) >= 11 is 6.94. The summed E-state index contributed by atoms with van der Waals surface area (Å²) in [5.41, 5.74) is 0.678. The van der Waals surface area contributed by atoms with Gasteiger partial charge in [0, 0.05) is 15.8 Å². The van der Waals surface area contributed by atoms with Crippen molar-refractivity contribution in [3.63, 3.8) is 0 Å². The number of alkyl halides is 1. The van der Waals surface area contributed by atoms with Crippen LogP contribution in [0.4, 0.5) is 0 Å². The quantitative estimate of drug-likeness (QED) is 0.788. The van der Waals surface area contributed by atoms with E-state index in [9.17, 15) is 4.79 Å². The van der Waals surface area contributed by atoms with Gasteiger partial charge in [-0.1, -0.05) is 41.9 Å². The van der Waals surface area contributed by atoms with E-state index in [-0.39, 0.29) is 5.91 Å². The smallest absolute Gasteiger partial charge is 0.252 e. The number of benzene rings is 1. The molecule has 0 aromatic heterocycles. The fourth-order valence-corrected chi connectivity index (χ4v) is 2.91. The number of carbonyl (C=O) groups excluding carboxylic acids is 1. The molecule has 0 aliphatic carbocycles. The first-order chi connectivity index (χ1) is 8.00. The molecule has 0 saturated heterocycles. The predicted octanol–water partition coefficient (Wildman–Crippen LogP) is 3.99. The van der Waals surface area contributed by atoms with E-state index in [0.29, 0.717) is 22.9 Å². The van der Waals surface area contributed by atoms with Gasteiger partial charge in [0.2, 0.25) is 0 Å². The number of rotatable bonds is 5. The SMILES string of the molecule is CC(C)CC(Br)CNC(=O)c1ccccc1Br. The van der Waals surface area contributed by atoms with Gasteiger partial charge in [0.25, 0.3) is 5.91 Å². The topological polar surface area (TPSA) is 29.1 Å². The maximum absolute atomic E-state index is 11.9. The second kappa shape index (κ2) is 7.17. The van der Waals surface area contributed by atoms with Crippen molar-refractivity contribution in [1.82, 2.24) is 5.32 Å². The Balaban J connectivity index is 2.48. The minimum atomic E-state index is -0.0364. The zero-order valence-electron chi connectivity index (χ0n) is 10.0. The van der Waals surface area contributed by atoms with Crippen LogP contribution in [0.25, 0.3) is 0 Å². The van der Waals surface area contributed by atoms with Crippen molar-refractivity contribution in [2.45, 2.75) is 25.1 Å². The molecule has 0 spiro atoms. The number of amides is 1. The molecule has 1 rings (SSSR count). The largest absolute Gasteiger partial charge is 0.351 e. The Morgan fingerprint density at radius 1 is 1.35 bits per heavy atom. The zero-order valence-corrected chi connectivity index (χ0v) is 13.2. The lowest BCUT2D eigenvalue weighted by molar-refractivity contribution is 0.0952. The molecular weight excluding hydrogens is 346 g/mol. The third-order valence-electron chi connectivity index (χ3n) is 2.33. The summed E-state index contributed by atoms with van der Waals surface area (Å²) in [5.74, 6) is 0.588. The second-order valence-electron chi connectivity index (χ2n) is 4.42. The lowest BCUT2D eigenvalue weighted by Crippen LogP contribution is -2.30. The number of carbonyl (C=O) groups is 1. The van der Waals surface area contributed by atoms with Crippen molar-refractivity contribution >= 4 is 37.8 Å². The summed E-state index contributed by atoms with van der Waals surface area (Å²) in [5, 5.41) is 2.93. The minimum absolute atomic E-state index is 0.0364. The van der Waals surface area contributed by atoms with Crippen LogP contribution in [-0.4, -0.2) is 17.3 Å². The average molecular weight is 363 g/mol. The highest BCUT2D eigenvalue weighted by Gasteiger charge is 2.12. The van der Waals surface area contributed by atoms with Crippen LogP contribution in [-0.2, 0) is 0 Å². The van der Waals surface area contributed by atoms with Crippen molar-refractivity contribution in [1.29, 1.82) is 0 Å². The molecule has 0 aliphatic heterocycles.